The smallest absolute Gasteiger partial charge is 0.152 e. The number of carbonyl (C=O) groups is 1. The summed E-state index contributed by atoms with van der Waals surface area (Å²) in [5, 5.41) is 0.732. The van der Waals surface area contributed by atoms with E-state index in [1.165, 1.54) is 0 Å². The van der Waals surface area contributed by atoms with Gasteiger partial charge in [-0.15, -0.1) is 0 Å². The summed E-state index contributed by atoms with van der Waals surface area (Å²) in [4.78, 5) is 13.2. The third-order valence-corrected chi connectivity index (χ3v) is 3.31. The second-order valence-electron chi connectivity index (χ2n) is 4.66. The molecule has 0 radical (unpaired) electrons. The zero-order chi connectivity index (χ0) is 13.8. The van der Waals surface area contributed by atoms with E-state index in [-0.39, 0.29) is 0 Å². The zero-order valence-electron chi connectivity index (χ0n) is 11.1. The summed E-state index contributed by atoms with van der Waals surface area (Å²) < 4.78 is 0. The summed E-state index contributed by atoms with van der Waals surface area (Å²) in [6.45, 7) is 2.72. The van der Waals surface area contributed by atoms with Gasteiger partial charge in [0.05, 0.1) is 0 Å². The number of rotatable bonds is 4. The average molecular weight is 274 g/mol. The molecule has 2 aromatic carbocycles. The summed E-state index contributed by atoms with van der Waals surface area (Å²) in [7, 11) is 1.98. The van der Waals surface area contributed by atoms with Crippen LogP contribution in [0.25, 0.3) is 0 Å². The number of benzene rings is 2. The molecule has 0 spiro atoms. The van der Waals surface area contributed by atoms with Crippen molar-refractivity contribution in [3.63, 3.8) is 0 Å². The lowest BCUT2D eigenvalue weighted by molar-refractivity contribution is 0.112. The van der Waals surface area contributed by atoms with Crippen molar-refractivity contribution in [3.05, 3.63) is 64.2 Å². The molecule has 2 nitrogen and oxygen atoms in total. The van der Waals surface area contributed by atoms with Gasteiger partial charge in [0.15, 0.2) is 6.29 Å². The van der Waals surface area contributed by atoms with Crippen LogP contribution in [0.5, 0.6) is 0 Å². The molecule has 0 N–H and O–H groups in total. The van der Waals surface area contributed by atoms with Gasteiger partial charge in [-0.3, -0.25) is 4.79 Å². The molecule has 0 unspecified atom stereocenters. The van der Waals surface area contributed by atoms with Crippen LogP contribution in [0.4, 0.5) is 5.69 Å². The maximum atomic E-state index is 11.1. The topological polar surface area (TPSA) is 20.3 Å². The molecule has 0 saturated heterocycles. The molecule has 0 aliphatic heterocycles. The van der Waals surface area contributed by atoms with Crippen LogP contribution in [-0.2, 0) is 6.54 Å². The fourth-order valence-corrected chi connectivity index (χ4v) is 2.19. The maximum absolute atomic E-state index is 11.1. The Morgan fingerprint density at radius 1 is 1.16 bits per heavy atom. The van der Waals surface area contributed by atoms with Crippen molar-refractivity contribution >= 4 is 23.6 Å². The Bertz CT molecular complexity index is 578. The first-order valence-corrected chi connectivity index (χ1v) is 6.49. The Morgan fingerprint density at radius 2 is 1.84 bits per heavy atom. The predicted octanol–water partition coefficient (Wildman–Crippen LogP) is 4.10. The second kappa shape index (κ2) is 5.89. The van der Waals surface area contributed by atoms with Crippen LogP contribution < -0.4 is 4.90 Å². The zero-order valence-corrected chi connectivity index (χ0v) is 11.8. The van der Waals surface area contributed by atoms with Crippen LogP contribution in [0.1, 0.15) is 21.5 Å². The number of hydrogen-bond acceptors (Lipinski definition) is 2. The number of anilines is 1. The highest BCUT2D eigenvalue weighted by molar-refractivity contribution is 6.30. The van der Waals surface area contributed by atoms with Crippen LogP contribution >= 0.6 is 11.6 Å². The Kier molecular flexibility index (Phi) is 4.23. The van der Waals surface area contributed by atoms with Crippen LogP contribution in [0.15, 0.2) is 42.5 Å². The summed E-state index contributed by atoms with van der Waals surface area (Å²) in [5.41, 5.74) is 3.90. The molecule has 3 heteroatoms. The molecule has 2 rings (SSSR count). The van der Waals surface area contributed by atoms with Crippen molar-refractivity contribution in [1.29, 1.82) is 0 Å². The number of carbonyl (C=O) groups excluding carboxylic acids is 1. The third-order valence-electron chi connectivity index (χ3n) is 3.05. The Labute approximate surface area is 118 Å². The van der Waals surface area contributed by atoms with E-state index < -0.39 is 0 Å². The molecule has 2 aromatic rings. The molecule has 0 fully saturated rings. The Hall–Kier alpha value is -1.80. The number of hydrogen-bond donors (Lipinski definition) is 0. The van der Waals surface area contributed by atoms with Gasteiger partial charge in [0.2, 0.25) is 0 Å². The molecule has 0 aliphatic rings. The molecule has 0 atom stereocenters. The quantitative estimate of drug-likeness (QED) is 0.782. The first kappa shape index (κ1) is 13.6. The minimum absolute atomic E-state index is 0.719. The van der Waals surface area contributed by atoms with Crippen LogP contribution in [-0.4, -0.2) is 13.3 Å². The van der Waals surface area contributed by atoms with E-state index in [0.29, 0.717) is 0 Å². The second-order valence-corrected chi connectivity index (χ2v) is 5.10. The molecular weight excluding hydrogens is 258 g/mol. The fraction of sp³-hybridized carbons (Fsp3) is 0.188. The van der Waals surface area contributed by atoms with Gasteiger partial charge in [-0.1, -0.05) is 35.4 Å². The van der Waals surface area contributed by atoms with Crippen LogP contribution in [0.2, 0.25) is 5.02 Å². The molecular formula is C16H16ClNO. The molecule has 98 valence electrons. The molecule has 0 bridgehead atoms. The lowest BCUT2D eigenvalue weighted by Gasteiger charge is -2.21. The molecule has 0 aliphatic carbocycles. The predicted molar refractivity (Wildman–Crippen MR) is 80.1 cm³/mol. The van der Waals surface area contributed by atoms with Gasteiger partial charge in [0.25, 0.3) is 0 Å². The van der Waals surface area contributed by atoms with Crippen molar-refractivity contribution in [3.8, 4) is 0 Å². The van der Waals surface area contributed by atoms with Crippen molar-refractivity contribution in [2.45, 2.75) is 13.5 Å². The van der Waals surface area contributed by atoms with E-state index in [9.17, 15) is 4.79 Å². The third kappa shape index (κ3) is 3.36. The van der Waals surface area contributed by atoms with E-state index in [2.05, 4.69) is 4.90 Å². The molecule has 19 heavy (non-hydrogen) atoms. The highest BCUT2D eigenvalue weighted by Crippen LogP contribution is 2.21. The molecule has 0 amide bonds. The van der Waals surface area contributed by atoms with Gasteiger partial charge in [-0.05, 0) is 36.8 Å². The van der Waals surface area contributed by atoms with E-state index >= 15 is 0 Å². The Balaban J connectivity index is 2.22. The first-order valence-electron chi connectivity index (χ1n) is 6.11. The lowest BCUT2D eigenvalue weighted by atomic mass is 10.1. The summed E-state index contributed by atoms with van der Waals surface area (Å²) in [6, 6.07) is 13.6. The largest absolute Gasteiger partial charge is 0.370 e. The highest BCUT2D eigenvalue weighted by Gasteiger charge is 2.07. The maximum Gasteiger partial charge on any atom is 0.152 e. The normalized spacial score (nSPS) is 10.3. The standard InChI is InChI=1S/C16H16ClNO/c1-12-3-8-16(14(9-12)11-19)18(2)10-13-4-6-15(17)7-5-13/h3-9,11H,10H2,1-2H3. The minimum atomic E-state index is 0.719. The van der Waals surface area contributed by atoms with Crippen LogP contribution in [0, 0.1) is 6.92 Å². The lowest BCUT2D eigenvalue weighted by Crippen LogP contribution is -2.17. The monoisotopic (exact) mass is 273 g/mol. The highest BCUT2D eigenvalue weighted by atomic mass is 35.5. The fourth-order valence-electron chi connectivity index (χ4n) is 2.06. The number of nitrogens with zero attached hydrogens (tertiary/aromatic N) is 1. The summed E-state index contributed by atoms with van der Waals surface area (Å²) >= 11 is 5.87. The van der Waals surface area contributed by atoms with E-state index in [0.717, 1.165) is 40.2 Å². The number of halogens is 1. The first-order chi connectivity index (χ1) is 9.10. The van der Waals surface area contributed by atoms with Crippen molar-refractivity contribution < 1.29 is 4.79 Å². The van der Waals surface area contributed by atoms with Crippen molar-refractivity contribution in [2.75, 3.05) is 11.9 Å². The van der Waals surface area contributed by atoms with E-state index in [1.54, 1.807) is 0 Å². The summed E-state index contributed by atoms with van der Waals surface area (Å²) in [5.74, 6) is 0. The minimum Gasteiger partial charge on any atom is -0.370 e. The number of aryl methyl sites for hydroxylation is 1. The van der Waals surface area contributed by atoms with Crippen molar-refractivity contribution in [2.24, 2.45) is 0 Å². The molecule has 0 saturated carbocycles. The van der Waals surface area contributed by atoms with E-state index in [4.69, 9.17) is 11.6 Å². The van der Waals surface area contributed by atoms with Crippen LogP contribution in [0.3, 0.4) is 0 Å². The van der Waals surface area contributed by atoms with Crippen molar-refractivity contribution in [1.82, 2.24) is 0 Å². The van der Waals surface area contributed by atoms with Gasteiger partial charge < -0.3 is 4.90 Å². The number of aldehydes is 1. The van der Waals surface area contributed by atoms with E-state index in [1.807, 2.05) is 56.4 Å². The van der Waals surface area contributed by atoms with Gasteiger partial charge in [-0.25, -0.2) is 0 Å². The molecule has 0 heterocycles. The average Bonchev–Trinajstić information content (AvgIpc) is 2.41. The summed E-state index contributed by atoms with van der Waals surface area (Å²) in [6.07, 6.45) is 0.903. The molecule has 0 aromatic heterocycles. The SMILES string of the molecule is Cc1ccc(N(C)Cc2ccc(Cl)cc2)c(C=O)c1. The van der Waals surface area contributed by atoms with Gasteiger partial charge in [-0.2, -0.15) is 0 Å². The Morgan fingerprint density at radius 3 is 2.47 bits per heavy atom. The van der Waals surface area contributed by atoms with Gasteiger partial charge >= 0.3 is 0 Å². The van der Waals surface area contributed by atoms with Gasteiger partial charge in [0.1, 0.15) is 0 Å². The van der Waals surface area contributed by atoms with Gasteiger partial charge in [0, 0.05) is 29.9 Å².